The van der Waals surface area contributed by atoms with Crippen LogP contribution < -0.4 is 4.74 Å². The van der Waals surface area contributed by atoms with Crippen molar-refractivity contribution in [3.63, 3.8) is 0 Å². The first-order valence-corrected chi connectivity index (χ1v) is 8.35. The molecule has 2 rings (SSSR count). The molecule has 23 heavy (non-hydrogen) atoms. The SMILES string of the molecule is CC[C@H](O)Cn1nc(CC(C)C)nc1COc1ccccc1Cl. The molecule has 1 N–H and O–H groups in total. The van der Waals surface area contributed by atoms with Gasteiger partial charge in [-0.1, -0.05) is 44.5 Å². The summed E-state index contributed by atoms with van der Waals surface area (Å²) in [5.41, 5.74) is 0. The van der Waals surface area contributed by atoms with Gasteiger partial charge < -0.3 is 9.84 Å². The monoisotopic (exact) mass is 337 g/mol. The minimum Gasteiger partial charge on any atom is -0.484 e. The van der Waals surface area contributed by atoms with E-state index in [0.717, 1.165) is 12.2 Å². The van der Waals surface area contributed by atoms with E-state index < -0.39 is 6.10 Å². The molecule has 0 radical (unpaired) electrons. The van der Waals surface area contributed by atoms with Gasteiger partial charge in [0.2, 0.25) is 0 Å². The Morgan fingerprint density at radius 3 is 2.70 bits per heavy atom. The maximum atomic E-state index is 9.91. The number of rotatable bonds is 8. The van der Waals surface area contributed by atoms with Crippen LogP contribution in [0.15, 0.2) is 24.3 Å². The van der Waals surface area contributed by atoms with Gasteiger partial charge in [-0.2, -0.15) is 5.10 Å². The molecule has 0 saturated carbocycles. The van der Waals surface area contributed by atoms with Gasteiger partial charge in [0.1, 0.15) is 12.4 Å². The van der Waals surface area contributed by atoms with E-state index in [0.29, 0.717) is 35.5 Å². The molecule has 0 aliphatic carbocycles. The first-order valence-electron chi connectivity index (χ1n) is 7.97. The van der Waals surface area contributed by atoms with E-state index in [9.17, 15) is 5.11 Å². The van der Waals surface area contributed by atoms with Gasteiger partial charge in [-0.05, 0) is 24.5 Å². The highest BCUT2D eigenvalue weighted by Crippen LogP contribution is 2.24. The van der Waals surface area contributed by atoms with Crippen molar-refractivity contribution in [2.75, 3.05) is 0 Å². The standard InChI is InChI=1S/C17H24ClN3O2/c1-4-13(22)10-21-17(19-16(20-21)9-12(2)3)11-23-15-8-6-5-7-14(15)18/h5-8,12-13,22H,4,9-11H2,1-3H3/t13-/m0/s1. The van der Waals surface area contributed by atoms with E-state index in [2.05, 4.69) is 23.9 Å². The largest absolute Gasteiger partial charge is 0.484 e. The zero-order chi connectivity index (χ0) is 16.8. The summed E-state index contributed by atoms with van der Waals surface area (Å²) in [5.74, 6) is 2.57. The third-order valence-electron chi connectivity index (χ3n) is 3.43. The van der Waals surface area contributed by atoms with Crippen molar-refractivity contribution in [1.29, 1.82) is 0 Å². The summed E-state index contributed by atoms with van der Waals surface area (Å²) in [4.78, 5) is 4.56. The fourth-order valence-corrected chi connectivity index (χ4v) is 2.35. The predicted molar refractivity (Wildman–Crippen MR) is 90.6 cm³/mol. The van der Waals surface area contributed by atoms with E-state index in [1.54, 1.807) is 10.7 Å². The molecule has 6 heteroatoms. The molecule has 0 saturated heterocycles. The quantitative estimate of drug-likeness (QED) is 0.801. The van der Waals surface area contributed by atoms with Gasteiger partial charge in [-0.15, -0.1) is 0 Å². The van der Waals surface area contributed by atoms with Crippen molar-refractivity contribution in [2.24, 2.45) is 5.92 Å². The van der Waals surface area contributed by atoms with E-state index in [4.69, 9.17) is 16.3 Å². The lowest BCUT2D eigenvalue weighted by atomic mass is 10.1. The Kier molecular flexibility index (Phi) is 6.42. The number of ether oxygens (including phenoxy) is 1. The number of aliphatic hydroxyl groups excluding tert-OH is 1. The summed E-state index contributed by atoms with van der Waals surface area (Å²) in [5, 5.41) is 15.0. The number of nitrogens with zero attached hydrogens (tertiary/aromatic N) is 3. The van der Waals surface area contributed by atoms with Crippen molar-refractivity contribution < 1.29 is 9.84 Å². The highest BCUT2D eigenvalue weighted by molar-refractivity contribution is 6.32. The molecule has 1 atom stereocenters. The van der Waals surface area contributed by atoms with Crippen LogP contribution in [0.5, 0.6) is 5.75 Å². The van der Waals surface area contributed by atoms with Crippen molar-refractivity contribution in [3.05, 3.63) is 40.9 Å². The fourth-order valence-electron chi connectivity index (χ4n) is 2.16. The zero-order valence-corrected chi connectivity index (χ0v) is 14.6. The first-order chi connectivity index (χ1) is 11.0. The maximum absolute atomic E-state index is 9.91. The van der Waals surface area contributed by atoms with Crippen molar-refractivity contribution in [3.8, 4) is 5.75 Å². The van der Waals surface area contributed by atoms with Crippen LogP contribution in [0.25, 0.3) is 0 Å². The molecule has 0 aliphatic heterocycles. The first kappa shape index (κ1) is 17.8. The van der Waals surface area contributed by atoms with Crippen molar-refractivity contribution in [2.45, 2.75) is 52.9 Å². The lowest BCUT2D eigenvalue weighted by Gasteiger charge is -2.11. The van der Waals surface area contributed by atoms with Crippen molar-refractivity contribution >= 4 is 11.6 Å². The Balaban J connectivity index is 2.14. The molecule has 1 heterocycles. The molecule has 0 unspecified atom stereocenters. The van der Waals surface area contributed by atoms with Crippen LogP contribution >= 0.6 is 11.6 Å². The average Bonchev–Trinajstić information content (AvgIpc) is 2.87. The second-order valence-electron chi connectivity index (χ2n) is 6.01. The molecule has 126 valence electrons. The molecule has 0 amide bonds. The van der Waals surface area contributed by atoms with E-state index in [-0.39, 0.29) is 6.61 Å². The zero-order valence-electron chi connectivity index (χ0n) is 13.9. The summed E-state index contributed by atoms with van der Waals surface area (Å²) >= 11 is 6.10. The average molecular weight is 338 g/mol. The van der Waals surface area contributed by atoms with Crippen LogP contribution in [0.1, 0.15) is 38.8 Å². The molecule has 1 aromatic carbocycles. The number of halogens is 1. The number of aromatic nitrogens is 3. The Morgan fingerprint density at radius 2 is 2.04 bits per heavy atom. The molecule has 5 nitrogen and oxygen atoms in total. The normalized spacial score (nSPS) is 12.6. The minimum atomic E-state index is -0.442. The number of aliphatic hydroxyl groups is 1. The Morgan fingerprint density at radius 1 is 1.30 bits per heavy atom. The third-order valence-corrected chi connectivity index (χ3v) is 3.74. The minimum absolute atomic E-state index is 0.269. The molecule has 2 aromatic rings. The van der Waals surface area contributed by atoms with Gasteiger partial charge in [0.15, 0.2) is 11.6 Å². The van der Waals surface area contributed by atoms with Gasteiger partial charge in [0, 0.05) is 6.42 Å². The summed E-state index contributed by atoms with van der Waals surface area (Å²) in [7, 11) is 0. The van der Waals surface area contributed by atoms with Gasteiger partial charge in [-0.25, -0.2) is 9.67 Å². The van der Waals surface area contributed by atoms with Crippen LogP contribution in [-0.2, 0) is 19.6 Å². The third kappa shape index (κ3) is 5.22. The number of benzene rings is 1. The topological polar surface area (TPSA) is 60.2 Å². The molecular weight excluding hydrogens is 314 g/mol. The maximum Gasteiger partial charge on any atom is 0.165 e. The molecular formula is C17H24ClN3O2. The van der Waals surface area contributed by atoms with Crippen LogP contribution in [0, 0.1) is 5.92 Å². The second kappa shape index (κ2) is 8.31. The number of hydrogen-bond acceptors (Lipinski definition) is 4. The number of hydrogen-bond donors (Lipinski definition) is 1. The summed E-state index contributed by atoms with van der Waals surface area (Å²) in [6, 6.07) is 7.33. The molecule has 0 aliphatic rings. The highest BCUT2D eigenvalue weighted by atomic mass is 35.5. The molecule has 0 fully saturated rings. The summed E-state index contributed by atoms with van der Waals surface area (Å²) < 4.78 is 7.50. The predicted octanol–water partition coefficient (Wildman–Crippen LogP) is 3.48. The Bertz CT molecular complexity index is 628. The Labute approximate surface area is 142 Å². The molecule has 0 spiro atoms. The second-order valence-corrected chi connectivity index (χ2v) is 6.41. The Hall–Kier alpha value is -1.59. The van der Waals surface area contributed by atoms with E-state index in [1.165, 1.54) is 0 Å². The van der Waals surface area contributed by atoms with Gasteiger partial charge >= 0.3 is 0 Å². The van der Waals surface area contributed by atoms with E-state index in [1.807, 2.05) is 25.1 Å². The van der Waals surface area contributed by atoms with E-state index >= 15 is 0 Å². The summed E-state index contributed by atoms with van der Waals surface area (Å²) in [6.45, 7) is 6.88. The molecule has 1 aromatic heterocycles. The van der Waals surface area contributed by atoms with Crippen molar-refractivity contribution in [1.82, 2.24) is 14.8 Å². The van der Waals surface area contributed by atoms with Crippen LogP contribution in [-0.4, -0.2) is 26.0 Å². The van der Waals surface area contributed by atoms with Crippen LogP contribution in [0.2, 0.25) is 5.02 Å². The smallest absolute Gasteiger partial charge is 0.165 e. The van der Waals surface area contributed by atoms with Gasteiger partial charge in [-0.3, -0.25) is 0 Å². The fraction of sp³-hybridized carbons (Fsp3) is 0.529. The van der Waals surface area contributed by atoms with Gasteiger partial charge in [0.05, 0.1) is 17.7 Å². The van der Waals surface area contributed by atoms with Gasteiger partial charge in [0.25, 0.3) is 0 Å². The summed E-state index contributed by atoms with van der Waals surface area (Å²) in [6.07, 6.45) is 1.03. The number of para-hydroxylation sites is 1. The lowest BCUT2D eigenvalue weighted by Crippen LogP contribution is -2.19. The van der Waals surface area contributed by atoms with Crippen LogP contribution in [0.3, 0.4) is 0 Å². The van der Waals surface area contributed by atoms with Crippen LogP contribution in [0.4, 0.5) is 0 Å². The highest BCUT2D eigenvalue weighted by Gasteiger charge is 2.15. The molecule has 0 bridgehead atoms. The lowest BCUT2D eigenvalue weighted by molar-refractivity contribution is 0.141.